The minimum absolute atomic E-state index is 0.150. The van der Waals surface area contributed by atoms with Crippen LogP contribution in [0.15, 0.2) is 60.2 Å². The van der Waals surface area contributed by atoms with Crippen LogP contribution in [0.4, 0.5) is 0 Å². The molecule has 1 saturated heterocycles. The van der Waals surface area contributed by atoms with Gasteiger partial charge in [0.2, 0.25) is 5.91 Å². The molecule has 2 aromatic rings. The smallest absolute Gasteiger partial charge is 0.257 e. The van der Waals surface area contributed by atoms with Crippen molar-refractivity contribution in [1.29, 1.82) is 0 Å². The Morgan fingerprint density at radius 1 is 1.04 bits per heavy atom. The van der Waals surface area contributed by atoms with E-state index >= 15 is 0 Å². The Balaban J connectivity index is 1.78. The van der Waals surface area contributed by atoms with E-state index in [0.717, 1.165) is 16.9 Å². The topological polar surface area (TPSA) is 46.6 Å². The molecule has 4 nitrogen and oxygen atoms in total. The Morgan fingerprint density at radius 2 is 1.74 bits per heavy atom. The largest absolute Gasteiger partial charge is 0.497 e. The molecule has 1 fully saturated rings. The Bertz CT molecular complexity index is 748. The van der Waals surface area contributed by atoms with Gasteiger partial charge in [0.25, 0.3) is 5.91 Å². The van der Waals surface area contributed by atoms with Gasteiger partial charge in [0, 0.05) is 5.57 Å². The van der Waals surface area contributed by atoms with Crippen LogP contribution >= 0.6 is 0 Å². The number of carbonyl (C=O) groups is 2. The third-order valence-corrected chi connectivity index (χ3v) is 3.80. The number of likely N-dealkylation sites (tertiary alicyclic amines) is 1. The van der Waals surface area contributed by atoms with E-state index in [1.165, 1.54) is 4.90 Å². The average Bonchev–Trinajstić information content (AvgIpc) is 2.84. The summed E-state index contributed by atoms with van der Waals surface area (Å²) in [6.07, 6.45) is 1.92. The van der Waals surface area contributed by atoms with E-state index in [9.17, 15) is 9.59 Å². The summed E-state index contributed by atoms with van der Waals surface area (Å²) < 4.78 is 5.11. The van der Waals surface area contributed by atoms with Gasteiger partial charge in [0.15, 0.2) is 0 Å². The van der Waals surface area contributed by atoms with Crippen molar-refractivity contribution >= 4 is 17.9 Å². The summed E-state index contributed by atoms with van der Waals surface area (Å²) in [6, 6.07) is 16.9. The van der Waals surface area contributed by atoms with Gasteiger partial charge in [-0.15, -0.1) is 0 Å². The van der Waals surface area contributed by atoms with Crippen molar-refractivity contribution in [1.82, 2.24) is 4.90 Å². The fraction of sp³-hybridized carbons (Fsp3) is 0.158. The fourth-order valence-corrected chi connectivity index (χ4v) is 2.56. The Labute approximate surface area is 135 Å². The fourth-order valence-electron chi connectivity index (χ4n) is 2.56. The minimum atomic E-state index is -0.213. The number of imide groups is 1. The van der Waals surface area contributed by atoms with Crippen LogP contribution in [-0.4, -0.2) is 23.8 Å². The van der Waals surface area contributed by atoms with Crippen LogP contribution in [0.3, 0.4) is 0 Å². The van der Waals surface area contributed by atoms with Crippen LogP contribution in [0.25, 0.3) is 6.08 Å². The molecule has 0 aliphatic carbocycles. The first-order valence-corrected chi connectivity index (χ1v) is 7.40. The van der Waals surface area contributed by atoms with E-state index in [4.69, 9.17) is 4.74 Å². The summed E-state index contributed by atoms with van der Waals surface area (Å²) in [4.78, 5) is 25.9. The zero-order chi connectivity index (χ0) is 16.2. The Morgan fingerprint density at radius 3 is 2.39 bits per heavy atom. The molecule has 2 amide bonds. The van der Waals surface area contributed by atoms with Crippen LogP contribution in [0.1, 0.15) is 17.5 Å². The summed E-state index contributed by atoms with van der Waals surface area (Å²) in [5.41, 5.74) is 2.35. The quantitative estimate of drug-likeness (QED) is 0.644. The van der Waals surface area contributed by atoms with Gasteiger partial charge in [-0.1, -0.05) is 42.5 Å². The molecule has 0 saturated carbocycles. The van der Waals surface area contributed by atoms with Crippen molar-refractivity contribution in [3.8, 4) is 5.75 Å². The first-order chi connectivity index (χ1) is 11.2. The summed E-state index contributed by atoms with van der Waals surface area (Å²) in [7, 11) is 1.61. The third-order valence-electron chi connectivity index (χ3n) is 3.80. The molecular formula is C19H17NO3. The van der Waals surface area contributed by atoms with Crippen LogP contribution < -0.4 is 4.74 Å². The number of nitrogens with zero attached hydrogens (tertiary/aromatic N) is 1. The lowest BCUT2D eigenvalue weighted by Crippen LogP contribution is -2.28. The molecule has 2 aromatic carbocycles. The lowest BCUT2D eigenvalue weighted by Gasteiger charge is -2.13. The number of hydrogen-bond donors (Lipinski definition) is 0. The van der Waals surface area contributed by atoms with Crippen molar-refractivity contribution in [3.05, 3.63) is 71.3 Å². The van der Waals surface area contributed by atoms with Crippen molar-refractivity contribution in [2.75, 3.05) is 7.11 Å². The van der Waals surface area contributed by atoms with Gasteiger partial charge in [0.05, 0.1) is 20.1 Å². The molecule has 0 aromatic heterocycles. The lowest BCUT2D eigenvalue weighted by molar-refractivity contribution is -0.138. The molecule has 0 unspecified atom stereocenters. The van der Waals surface area contributed by atoms with Crippen molar-refractivity contribution < 1.29 is 14.3 Å². The monoisotopic (exact) mass is 307 g/mol. The molecule has 1 heterocycles. The van der Waals surface area contributed by atoms with Crippen molar-refractivity contribution in [2.45, 2.75) is 13.0 Å². The molecular weight excluding hydrogens is 290 g/mol. The van der Waals surface area contributed by atoms with E-state index in [0.29, 0.717) is 12.1 Å². The Kier molecular flexibility index (Phi) is 4.24. The summed E-state index contributed by atoms with van der Waals surface area (Å²) in [6.45, 7) is 0.318. The van der Waals surface area contributed by atoms with Gasteiger partial charge in [-0.25, -0.2) is 0 Å². The molecule has 116 valence electrons. The molecule has 3 rings (SSSR count). The normalized spacial score (nSPS) is 16.2. The van der Waals surface area contributed by atoms with Crippen LogP contribution in [0.2, 0.25) is 0 Å². The molecule has 0 N–H and O–H groups in total. The number of hydrogen-bond acceptors (Lipinski definition) is 3. The maximum atomic E-state index is 12.5. The van der Waals surface area contributed by atoms with Crippen LogP contribution in [0.5, 0.6) is 5.75 Å². The van der Waals surface area contributed by atoms with Gasteiger partial charge in [-0.3, -0.25) is 14.5 Å². The van der Waals surface area contributed by atoms with E-state index in [2.05, 4.69) is 0 Å². The summed E-state index contributed by atoms with van der Waals surface area (Å²) >= 11 is 0. The summed E-state index contributed by atoms with van der Waals surface area (Å²) in [5, 5.41) is 0. The minimum Gasteiger partial charge on any atom is -0.497 e. The number of carbonyl (C=O) groups excluding carboxylic acids is 2. The van der Waals surface area contributed by atoms with E-state index in [-0.39, 0.29) is 18.2 Å². The third kappa shape index (κ3) is 3.31. The zero-order valence-corrected chi connectivity index (χ0v) is 12.9. The molecule has 0 atom stereocenters. The van der Waals surface area contributed by atoms with E-state index in [1.54, 1.807) is 13.2 Å². The van der Waals surface area contributed by atoms with Crippen molar-refractivity contribution in [2.24, 2.45) is 0 Å². The predicted octanol–water partition coefficient (Wildman–Crippen LogP) is 3.04. The van der Waals surface area contributed by atoms with Crippen molar-refractivity contribution in [3.63, 3.8) is 0 Å². The summed E-state index contributed by atoms with van der Waals surface area (Å²) in [5.74, 6) is 0.389. The molecule has 1 aliphatic heterocycles. The SMILES string of the molecule is COc1ccc(/C=C2/CC(=O)N(Cc3ccccc3)C2=O)cc1. The highest BCUT2D eigenvalue weighted by Gasteiger charge is 2.33. The van der Waals surface area contributed by atoms with Crippen LogP contribution in [0, 0.1) is 0 Å². The number of rotatable bonds is 4. The lowest BCUT2D eigenvalue weighted by atomic mass is 10.1. The standard InChI is InChI=1S/C19H17NO3/c1-23-17-9-7-14(8-10-17)11-16-12-18(21)20(19(16)22)13-15-5-3-2-4-6-15/h2-11H,12-13H2,1H3/b16-11-. The highest BCUT2D eigenvalue weighted by atomic mass is 16.5. The van der Waals surface area contributed by atoms with Crippen LogP contribution in [-0.2, 0) is 16.1 Å². The highest BCUT2D eigenvalue weighted by Crippen LogP contribution is 2.24. The zero-order valence-electron chi connectivity index (χ0n) is 12.9. The first kappa shape index (κ1) is 15.0. The molecule has 4 heteroatoms. The number of benzene rings is 2. The maximum absolute atomic E-state index is 12.5. The maximum Gasteiger partial charge on any atom is 0.257 e. The van der Waals surface area contributed by atoms with E-state index < -0.39 is 0 Å². The number of amides is 2. The van der Waals surface area contributed by atoms with Gasteiger partial charge in [-0.05, 0) is 29.3 Å². The van der Waals surface area contributed by atoms with E-state index in [1.807, 2.05) is 54.6 Å². The second-order valence-electron chi connectivity index (χ2n) is 5.39. The average molecular weight is 307 g/mol. The number of methoxy groups -OCH3 is 1. The second-order valence-corrected chi connectivity index (χ2v) is 5.39. The Hall–Kier alpha value is -2.88. The highest BCUT2D eigenvalue weighted by molar-refractivity contribution is 6.15. The molecule has 0 radical (unpaired) electrons. The first-order valence-electron chi connectivity index (χ1n) is 7.40. The molecule has 0 spiro atoms. The van der Waals surface area contributed by atoms with Gasteiger partial charge in [0.1, 0.15) is 5.75 Å². The predicted molar refractivity (Wildman–Crippen MR) is 87.6 cm³/mol. The molecule has 0 bridgehead atoms. The van der Waals surface area contributed by atoms with Gasteiger partial charge < -0.3 is 4.74 Å². The van der Waals surface area contributed by atoms with Gasteiger partial charge in [-0.2, -0.15) is 0 Å². The molecule has 1 aliphatic rings. The van der Waals surface area contributed by atoms with Gasteiger partial charge >= 0.3 is 0 Å². The second kappa shape index (κ2) is 6.48. The molecule has 23 heavy (non-hydrogen) atoms. The number of ether oxygens (including phenoxy) is 1.